The third kappa shape index (κ3) is 8.84. The fourth-order valence-corrected chi connectivity index (χ4v) is 10.1. The third-order valence-corrected chi connectivity index (χ3v) is 13.7. The number of hydrogen-bond acceptors (Lipinski definition) is 15. The number of carbonyl (C=O) groups is 2. The Balaban J connectivity index is 0.758. The number of piperidine rings is 2. The highest BCUT2D eigenvalue weighted by atomic mass is 32.1. The van der Waals surface area contributed by atoms with Gasteiger partial charge in [-0.25, -0.2) is 19.9 Å². The molecule has 2 aromatic carbocycles. The number of nitrogens with zero attached hydrogens (tertiary/aromatic N) is 8. The van der Waals surface area contributed by atoms with Crippen LogP contribution in [0.25, 0.3) is 21.6 Å². The van der Waals surface area contributed by atoms with Gasteiger partial charge in [-0.1, -0.05) is 19.9 Å². The highest BCUT2D eigenvalue weighted by Gasteiger charge is 2.37. The van der Waals surface area contributed by atoms with Crippen LogP contribution in [0.1, 0.15) is 83.8 Å². The predicted octanol–water partition coefficient (Wildman–Crippen LogP) is 5.04. The molecule has 0 bridgehead atoms. The number of ether oxygens (including phenoxy) is 2. The lowest BCUT2D eigenvalue weighted by Gasteiger charge is -2.39. The minimum atomic E-state index is -1.05. The standard InChI is InChI=1S/C45H53N9O7S/c1-27(2)34-19-35(38(56)20-37(34)55)43(58)54-24-28-3-4-32(17-29(28)25-54)61-31-5-9-52(10-6-31)39(57)21-45(59)7-11-51(12-8-45)26-33-18-36-40(62-33)42(53-13-15-60-16-14-53)50-41(49-36)30-22-47-44(46)48-23-30/h3-4,17-20,22-23,27,31,55-56,59H,5-16,21,24-26H2,1-2H3,(H2,46,47,48). The average molecular weight is 864 g/mol. The highest BCUT2D eigenvalue weighted by molar-refractivity contribution is 7.19. The number of morpholine rings is 1. The quantitative estimate of drug-likeness (QED) is 0.145. The lowest BCUT2D eigenvalue weighted by atomic mass is 9.87. The summed E-state index contributed by atoms with van der Waals surface area (Å²) >= 11 is 1.69. The summed E-state index contributed by atoms with van der Waals surface area (Å²) in [6, 6.07) is 10.8. The summed E-state index contributed by atoms with van der Waals surface area (Å²) in [6.07, 6.45) is 5.72. The number of anilines is 2. The molecule has 0 radical (unpaired) electrons. The van der Waals surface area contributed by atoms with Gasteiger partial charge < -0.3 is 45.2 Å². The summed E-state index contributed by atoms with van der Waals surface area (Å²) in [6.45, 7) is 10.6. The van der Waals surface area contributed by atoms with Gasteiger partial charge in [-0.3, -0.25) is 14.5 Å². The van der Waals surface area contributed by atoms with Crippen LogP contribution in [0, 0.1) is 0 Å². The molecule has 0 saturated carbocycles. The van der Waals surface area contributed by atoms with Crippen LogP contribution in [0.3, 0.4) is 0 Å². The second-order valence-corrected chi connectivity index (χ2v) is 18.4. The van der Waals surface area contributed by atoms with Crippen molar-refractivity contribution >= 4 is 45.1 Å². The second kappa shape index (κ2) is 17.3. The van der Waals surface area contributed by atoms with Crippen LogP contribution in [-0.2, 0) is 29.2 Å². The van der Waals surface area contributed by atoms with E-state index in [1.807, 2.05) is 36.9 Å². The number of phenolic OH excluding ortho intramolecular Hbond substituents is 2. The van der Waals surface area contributed by atoms with E-state index in [4.69, 9.17) is 25.2 Å². The van der Waals surface area contributed by atoms with Crippen molar-refractivity contribution in [1.82, 2.24) is 34.6 Å². The van der Waals surface area contributed by atoms with Crippen LogP contribution in [0.4, 0.5) is 11.8 Å². The monoisotopic (exact) mass is 863 g/mol. The summed E-state index contributed by atoms with van der Waals surface area (Å²) in [4.78, 5) is 54.4. The Hall–Kier alpha value is -5.62. The van der Waals surface area contributed by atoms with Gasteiger partial charge in [-0.2, -0.15) is 0 Å². The van der Waals surface area contributed by atoms with E-state index in [9.17, 15) is 24.9 Å². The van der Waals surface area contributed by atoms with Crippen molar-refractivity contribution in [2.45, 2.75) is 83.2 Å². The van der Waals surface area contributed by atoms with E-state index in [1.165, 1.54) is 6.07 Å². The zero-order chi connectivity index (χ0) is 43.1. The third-order valence-electron chi connectivity index (χ3n) is 12.6. The van der Waals surface area contributed by atoms with E-state index in [-0.39, 0.29) is 53.3 Å². The lowest BCUT2D eigenvalue weighted by Crippen LogP contribution is -2.49. The van der Waals surface area contributed by atoms with Crippen LogP contribution >= 0.6 is 11.3 Å². The smallest absolute Gasteiger partial charge is 0.258 e. The highest BCUT2D eigenvalue weighted by Crippen LogP contribution is 2.38. The van der Waals surface area contributed by atoms with Crippen molar-refractivity contribution in [2.75, 3.05) is 63.1 Å². The molecule has 4 aliphatic rings. The number of nitrogen functional groups attached to an aromatic ring is 1. The minimum Gasteiger partial charge on any atom is -0.508 e. The number of aliphatic hydroxyl groups is 1. The largest absolute Gasteiger partial charge is 0.508 e. The molecule has 2 amide bonds. The summed E-state index contributed by atoms with van der Waals surface area (Å²) in [5, 5.41) is 32.3. The van der Waals surface area contributed by atoms with Gasteiger partial charge in [0, 0.05) is 95.1 Å². The van der Waals surface area contributed by atoms with Gasteiger partial charge in [-0.15, -0.1) is 11.3 Å². The molecule has 3 saturated heterocycles. The topological polar surface area (TPSA) is 204 Å². The fraction of sp³-hybridized carbons (Fsp3) is 0.467. The van der Waals surface area contributed by atoms with Crippen molar-refractivity contribution in [3.8, 4) is 28.6 Å². The van der Waals surface area contributed by atoms with Crippen LogP contribution in [-0.4, -0.2) is 126 Å². The Bertz CT molecular complexity index is 2460. The van der Waals surface area contributed by atoms with Crippen LogP contribution < -0.4 is 15.4 Å². The first-order valence-electron chi connectivity index (χ1n) is 21.5. The van der Waals surface area contributed by atoms with Gasteiger partial charge in [0.05, 0.1) is 46.6 Å². The van der Waals surface area contributed by atoms with Crippen LogP contribution in [0.2, 0.25) is 0 Å². The maximum Gasteiger partial charge on any atom is 0.258 e. The van der Waals surface area contributed by atoms with E-state index in [2.05, 4.69) is 25.8 Å². The molecule has 0 unspecified atom stereocenters. The minimum absolute atomic E-state index is 0.00906. The maximum atomic E-state index is 13.5. The Morgan fingerprint density at radius 2 is 1.65 bits per heavy atom. The Labute approximate surface area is 363 Å². The molecular weight excluding hydrogens is 811 g/mol. The van der Waals surface area contributed by atoms with Gasteiger partial charge >= 0.3 is 0 Å². The first-order valence-corrected chi connectivity index (χ1v) is 22.3. The molecule has 326 valence electrons. The first kappa shape index (κ1) is 41.7. The molecule has 5 aromatic rings. The molecule has 9 rings (SSSR count). The molecule has 4 aliphatic heterocycles. The van der Waals surface area contributed by atoms with E-state index < -0.39 is 5.60 Å². The number of fused-ring (bicyclic) bond motifs is 2. The van der Waals surface area contributed by atoms with Crippen molar-refractivity contribution in [2.24, 2.45) is 0 Å². The zero-order valence-electron chi connectivity index (χ0n) is 35.1. The summed E-state index contributed by atoms with van der Waals surface area (Å²) in [5.74, 6) is 1.75. The van der Waals surface area contributed by atoms with Gasteiger partial charge in [0.25, 0.3) is 5.91 Å². The number of phenols is 2. The van der Waals surface area contributed by atoms with Crippen LogP contribution in [0.5, 0.6) is 17.2 Å². The van der Waals surface area contributed by atoms with E-state index in [0.29, 0.717) is 102 Å². The van der Waals surface area contributed by atoms with E-state index in [0.717, 1.165) is 50.9 Å². The van der Waals surface area contributed by atoms with Crippen LogP contribution in [0.15, 0.2) is 48.8 Å². The van der Waals surface area contributed by atoms with Crippen molar-refractivity contribution in [3.05, 3.63) is 75.9 Å². The number of nitrogens with two attached hydrogens (primary N) is 1. The molecule has 3 aromatic heterocycles. The van der Waals surface area contributed by atoms with Gasteiger partial charge in [0.15, 0.2) is 11.6 Å². The molecule has 0 aliphatic carbocycles. The van der Waals surface area contributed by atoms with Crippen molar-refractivity contribution in [3.63, 3.8) is 0 Å². The Morgan fingerprint density at radius 1 is 0.919 bits per heavy atom. The number of aromatic nitrogens is 4. The number of benzene rings is 2. The zero-order valence-corrected chi connectivity index (χ0v) is 35.9. The molecule has 7 heterocycles. The maximum absolute atomic E-state index is 13.5. The number of carbonyl (C=O) groups excluding carboxylic acids is 2. The molecule has 5 N–H and O–H groups in total. The van der Waals surface area contributed by atoms with E-state index >= 15 is 0 Å². The summed E-state index contributed by atoms with van der Waals surface area (Å²) in [7, 11) is 0. The van der Waals surface area contributed by atoms with E-state index in [1.54, 1.807) is 34.7 Å². The molecule has 17 heteroatoms. The summed E-state index contributed by atoms with van der Waals surface area (Å²) in [5.41, 5.74) is 9.04. The Kier molecular flexibility index (Phi) is 11.6. The molecule has 16 nitrogen and oxygen atoms in total. The van der Waals surface area contributed by atoms with Gasteiger partial charge in [-0.05, 0) is 59.7 Å². The van der Waals surface area contributed by atoms with Crippen molar-refractivity contribution in [1.29, 1.82) is 0 Å². The van der Waals surface area contributed by atoms with Crippen molar-refractivity contribution < 1.29 is 34.4 Å². The average Bonchev–Trinajstić information content (AvgIpc) is 3.88. The SMILES string of the molecule is CC(C)c1cc(C(=O)N2Cc3ccc(OC4CCN(C(=O)CC5(O)CCN(Cc6cc7nc(-c8cnc(N)nc8)nc(N8CCOCC8)c7s6)CC5)CC4)cc3C2)c(O)cc1O. The number of hydrogen-bond donors (Lipinski definition) is 4. The lowest BCUT2D eigenvalue weighted by molar-refractivity contribution is -0.140. The number of rotatable bonds is 10. The molecule has 62 heavy (non-hydrogen) atoms. The molecule has 0 spiro atoms. The summed E-state index contributed by atoms with van der Waals surface area (Å²) < 4.78 is 13.0. The Morgan fingerprint density at radius 3 is 2.37 bits per heavy atom. The van der Waals surface area contributed by atoms with Gasteiger partial charge in [0.1, 0.15) is 23.4 Å². The second-order valence-electron chi connectivity index (χ2n) is 17.3. The number of thiophene rings is 1. The number of amides is 2. The molecular formula is C45H53N9O7S. The fourth-order valence-electron chi connectivity index (χ4n) is 8.93. The molecule has 3 fully saturated rings. The number of aromatic hydroxyl groups is 2. The predicted molar refractivity (Wildman–Crippen MR) is 234 cm³/mol. The number of likely N-dealkylation sites (tertiary alicyclic amines) is 2. The normalized spacial score (nSPS) is 18.4. The first-order chi connectivity index (χ1) is 29.9. The molecule has 0 atom stereocenters. The van der Waals surface area contributed by atoms with Gasteiger partial charge in [0.2, 0.25) is 11.9 Å².